The van der Waals surface area contributed by atoms with Crippen LogP contribution in [0.4, 0.5) is 10.1 Å². The van der Waals surface area contributed by atoms with Gasteiger partial charge in [-0.15, -0.1) is 0 Å². The number of thioether (sulfide) groups is 1. The Labute approximate surface area is 234 Å². The number of hydrogen-bond donors (Lipinski definition) is 2. The maximum Gasteiger partial charge on any atom is 0.270 e. The van der Waals surface area contributed by atoms with Gasteiger partial charge in [0.15, 0.2) is 5.17 Å². The summed E-state index contributed by atoms with van der Waals surface area (Å²) in [7, 11) is 0. The zero-order valence-corrected chi connectivity index (χ0v) is 22.6. The Kier molecular flexibility index (Phi) is 8.40. The summed E-state index contributed by atoms with van der Waals surface area (Å²) in [4.78, 5) is 49.6. The predicted octanol–water partition coefficient (Wildman–Crippen LogP) is 4.30. The lowest BCUT2D eigenvalue weighted by molar-refractivity contribution is -0.123. The molecule has 2 unspecified atom stereocenters. The van der Waals surface area contributed by atoms with Gasteiger partial charge in [0, 0.05) is 18.5 Å². The molecule has 0 bridgehead atoms. The number of nitrogens with one attached hydrogen (secondary N) is 2. The molecule has 2 N–H and O–H groups in total. The van der Waals surface area contributed by atoms with E-state index >= 15 is 0 Å². The first-order chi connectivity index (χ1) is 19.4. The average molecular weight is 562 g/mol. The first-order valence-corrected chi connectivity index (χ1v) is 13.9. The highest BCUT2D eigenvalue weighted by Crippen LogP contribution is 2.36. The number of fused-ring (bicyclic) bond motifs is 3. The third kappa shape index (κ3) is 6.15. The van der Waals surface area contributed by atoms with Gasteiger partial charge >= 0.3 is 0 Å². The van der Waals surface area contributed by atoms with Gasteiger partial charge in [-0.1, -0.05) is 43.0 Å². The van der Waals surface area contributed by atoms with Crippen LogP contribution in [-0.2, 0) is 27.5 Å². The highest BCUT2D eigenvalue weighted by Gasteiger charge is 2.42. The quantitative estimate of drug-likeness (QED) is 0.381. The molecule has 3 aromatic rings. The molecule has 3 amide bonds. The molecule has 2 aliphatic rings. The molecule has 0 saturated heterocycles. The Morgan fingerprint density at radius 1 is 1.05 bits per heavy atom. The highest BCUT2D eigenvalue weighted by molar-refractivity contribution is 8.15. The van der Waals surface area contributed by atoms with Crippen LogP contribution in [0.15, 0.2) is 81.3 Å². The molecule has 11 heteroatoms. The third-order valence-corrected chi connectivity index (χ3v) is 7.91. The largest absolute Gasteiger partial charge is 0.467 e. The molecule has 0 fully saturated rings. The number of nitrogens with zero attached hydrogens (tertiary/aromatic N) is 3. The van der Waals surface area contributed by atoms with Crippen LogP contribution in [0.5, 0.6) is 0 Å². The van der Waals surface area contributed by atoms with Gasteiger partial charge in [0.1, 0.15) is 23.5 Å². The van der Waals surface area contributed by atoms with Gasteiger partial charge in [-0.2, -0.15) is 4.99 Å². The van der Waals surface area contributed by atoms with Gasteiger partial charge in [0.05, 0.1) is 23.7 Å². The van der Waals surface area contributed by atoms with E-state index in [0.717, 1.165) is 11.1 Å². The fraction of sp³-hybridized carbons (Fsp3) is 0.276. The molecule has 2 aliphatic heterocycles. The van der Waals surface area contributed by atoms with Crippen LogP contribution in [0.2, 0.25) is 0 Å². The normalized spacial score (nSPS) is 16.5. The Morgan fingerprint density at radius 3 is 2.60 bits per heavy atom. The van der Waals surface area contributed by atoms with E-state index in [9.17, 15) is 18.8 Å². The molecule has 5 rings (SSSR count). The van der Waals surface area contributed by atoms with E-state index in [1.807, 2.05) is 31.2 Å². The average Bonchev–Trinajstić information content (AvgIpc) is 3.60. The van der Waals surface area contributed by atoms with Crippen molar-refractivity contribution in [1.29, 1.82) is 0 Å². The fourth-order valence-corrected chi connectivity index (χ4v) is 5.56. The number of carbonyl (C=O) groups excluding carboxylic acids is 3. The summed E-state index contributed by atoms with van der Waals surface area (Å²) in [5.41, 5.74) is 2.15. The SMILES string of the molecule is CCC(SC1=Nc2ccccc2C2=NC(=O)C(CCC(=O)NCc3ccc(F)cc3)N12)C(=O)NCc1ccco1. The fourth-order valence-electron chi connectivity index (χ4n) is 4.47. The first kappa shape index (κ1) is 27.3. The lowest BCUT2D eigenvalue weighted by Gasteiger charge is -2.32. The van der Waals surface area contributed by atoms with Crippen LogP contribution in [0.1, 0.15) is 43.1 Å². The van der Waals surface area contributed by atoms with Crippen molar-refractivity contribution in [3.05, 3.63) is 89.6 Å². The second-order valence-electron chi connectivity index (χ2n) is 9.32. The maximum atomic E-state index is 13.1. The van der Waals surface area contributed by atoms with Crippen LogP contribution >= 0.6 is 11.8 Å². The Bertz CT molecular complexity index is 1460. The summed E-state index contributed by atoms with van der Waals surface area (Å²) in [6.07, 6.45) is 2.37. The number of aliphatic imine (C=N–C) groups is 2. The minimum atomic E-state index is -0.727. The zero-order valence-electron chi connectivity index (χ0n) is 21.8. The number of para-hydroxylation sites is 1. The minimum Gasteiger partial charge on any atom is -0.467 e. The second kappa shape index (κ2) is 12.3. The van der Waals surface area contributed by atoms with Gasteiger partial charge in [-0.3, -0.25) is 19.3 Å². The molecule has 0 radical (unpaired) electrons. The number of halogens is 1. The standard InChI is InChI=1S/C29H28FN5O4S/c1-2-24(28(38)32-17-20-6-5-15-39-20)40-29-33-22-8-4-3-7-21(22)26-34-27(37)23(35(26)29)13-14-25(36)31-16-18-9-11-19(30)12-10-18/h3-12,15,23-24H,2,13-14,16-17H2,1H3,(H,31,36)(H,32,38). The van der Waals surface area contributed by atoms with Crippen LogP contribution in [0.25, 0.3) is 0 Å². The maximum absolute atomic E-state index is 13.1. The van der Waals surface area contributed by atoms with Gasteiger partial charge < -0.3 is 15.1 Å². The number of hydrogen-bond acceptors (Lipinski definition) is 7. The molecule has 206 valence electrons. The number of benzene rings is 2. The molecule has 2 atom stereocenters. The van der Waals surface area contributed by atoms with Crippen molar-refractivity contribution in [2.75, 3.05) is 0 Å². The molecule has 9 nitrogen and oxygen atoms in total. The number of amides is 3. The lowest BCUT2D eigenvalue weighted by Crippen LogP contribution is -2.45. The van der Waals surface area contributed by atoms with E-state index in [1.165, 1.54) is 23.9 Å². The van der Waals surface area contributed by atoms with Crippen LogP contribution in [-0.4, -0.2) is 44.9 Å². The van der Waals surface area contributed by atoms with Crippen molar-refractivity contribution >= 4 is 46.2 Å². The van der Waals surface area contributed by atoms with Gasteiger partial charge in [-0.05, 0) is 54.8 Å². The van der Waals surface area contributed by atoms with Crippen LogP contribution in [0, 0.1) is 5.82 Å². The van der Waals surface area contributed by atoms with Crippen LogP contribution in [0.3, 0.4) is 0 Å². The topological polar surface area (TPSA) is 116 Å². The predicted molar refractivity (Wildman–Crippen MR) is 150 cm³/mol. The molecular formula is C29H28FN5O4S. The molecular weight excluding hydrogens is 533 g/mol. The van der Waals surface area contributed by atoms with Crippen molar-refractivity contribution in [2.45, 2.75) is 50.6 Å². The summed E-state index contributed by atoms with van der Waals surface area (Å²) >= 11 is 1.27. The van der Waals surface area contributed by atoms with E-state index in [4.69, 9.17) is 9.41 Å². The first-order valence-electron chi connectivity index (χ1n) is 13.0. The van der Waals surface area contributed by atoms with E-state index in [-0.39, 0.29) is 49.5 Å². The van der Waals surface area contributed by atoms with Crippen LogP contribution < -0.4 is 10.6 Å². The Hall–Kier alpha value is -4.25. The highest BCUT2D eigenvalue weighted by atomic mass is 32.2. The molecule has 0 saturated carbocycles. The lowest BCUT2D eigenvalue weighted by atomic mass is 10.1. The smallest absolute Gasteiger partial charge is 0.270 e. The van der Waals surface area contributed by atoms with Gasteiger partial charge in [-0.25, -0.2) is 9.38 Å². The van der Waals surface area contributed by atoms with E-state index in [0.29, 0.717) is 28.9 Å². The molecule has 2 aromatic carbocycles. The van der Waals surface area contributed by atoms with Crippen molar-refractivity contribution in [3.8, 4) is 0 Å². The summed E-state index contributed by atoms with van der Waals surface area (Å²) in [6.45, 7) is 2.43. The summed E-state index contributed by atoms with van der Waals surface area (Å²) < 4.78 is 18.5. The van der Waals surface area contributed by atoms with E-state index < -0.39 is 11.3 Å². The number of furan rings is 1. The minimum absolute atomic E-state index is 0.0807. The molecule has 1 aromatic heterocycles. The van der Waals surface area contributed by atoms with Gasteiger partial charge in [0.2, 0.25) is 11.8 Å². The van der Waals surface area contributed by atoms with Crippen molar-refractivity contribution in [3.63, 3.8) is 0 Å². The monoisotopic (exact) mass is 561 g/mol. The number of carbonyl (C=O) groups is 3. The molecule has 3 heterocycles. The second-order valence-corrected chi connectivity index (χ2v) is 10.5. The Balaban J connectivity index is 1.29. The van der Waals surface area contributed by atoms with E-state index in [1.54, 1.807) is 35.4 Å². The number of amidine groups is 2. The van der Waals surface area contributed by atoms with Crippen molar-refractivity contribution < 1.29 is 23.2 Å². The van der Waals surface area contributed by atoms with Crippen molar-refractivity contribution in [1.82, 2.24) is 15.5 Å². The van der Waals surface area contributed by atoms with Crippen molar-refractivity contribution in [2.24, 2.45) is 9.98 Å². The van der Waals surface area contributed by atoms with E-state index in [2.05, 4.69) is 15.6 Å². The van der Waals surface area contributed by atoms with Gasteiger partial charge in [0.25, 0.3) is 5.91 Å². The summed E-state index contributed by atoms with van der Waals surface area (Å²) in [6, 6.07) is 16.1. The molecule has 0 spiro atoms. The zero-order chi connectivity index (χ0) is 28.1. The number of rotatable bonds is 10. The molecule has 40 heavy (non-hydrogen) atoms. The Morgan fingerprint density at radius 2 is 1.85 bits per heavy atom. The summed E-state index contributed by atoms with van der Waals surface area (Å²) in [5, 5.41) is 5.72. The molecule has 0 aliphatic carbocycles. The third-order valence-electron chi connectivity index (χ3n) is 6.58. The summed E-state index contributed by atoms with van der Waals surface area (Å²) in [5.74, 6) is 0.00485.